The Balaban J connectivity index is 2.37. The van der Waals surface area contributed by atoms with Gasteiger partial charge in [0.1, 0.15) is 0 Å². The molecule has 120 valence electrons. The largest absolute Gasteiger partial charge is 0.463 e. The van der Waals surface area contributed by atoms with Crippen molar-refractivity contribution in [1.82, 2.24) is 0 Å². The second-order valence-electron chi connectivity index (χ2n) is 5.33. The van der Waals surface area contributed by atoms with Gasteiger partial charge in [-0.2, -0.15) is 5.06 Å². The minimum absolute atomic E-state index is 0.0321. The first-order valence-electron chi connectivity index (χ1n) is 7.49. The van der Waals surface area contributed by atoms with Crippen molar-refractivity contribution in [2.75, 3.05) is 11.7 Å². The van der Waals surface area contributed by atoms with Crippen molar-refractivity contribution in [3.8, 4) is 0 Å². The standard InChI is InChI=1S/C15H20N2O5/c1-2-22-16(15(18)19)12-8-9-13(14(10-12)17(20)21)11-6-4-3-5-7-11/h8-11H,2-7H2,1H3,(H,18,19). The molecule has 0 radical (unpaired) electrons. The number of hydrogen-bond donors (Lipinski definition) is 1. The molecule has 1 aromatic carbocycles. The van der Waals surface area contributed by atoms with Crippen LogP contribution < -0.4 is 5.06 Å². The molecule has 1 aliphatic rings. The maximum absolute atomic E-state index is 11.4. The van der Waals surface area contributed by atoms with Gasteiger partial charge in [0.2, 0.25) is 0 Å². The van der Waals surface area contributed by atoms with Crippen LogP contribution in [-0.2, 0) is 4.84 Å². The summed E-state index contributed by atoms with van der Waals surface area (Å²) in [4.78, 5) is 27.1. The van der Waals surface area contributed by atoms with Crippen molar-refractivity contribution >= 4 is 17.5 Å². The van der Waals surface area contributed by atoms with Crippen molar-refractivity contribution in [1.29, 1.82) is 0 Å². The Hall–Kier alpha value is -2.15. The third kappa shape index (κ3) is 3.54. The van der Waals surface area contributed by atoms with Crippen LogP contribution in [0.2, 0.25) is 0 Å². The molecule has 1 saturated carbocycles. The number of carboxylic acid groups (broad SMARTS) is 1. The van der Waals surface area contributed by atoms with Gasteiger partial charge in [-0.3, -0.25) is 15.0 Å². The van der Waals surface area contributed by atoms with E-state index in [2.05, 4.69) is 0 Å². The maximum atomic E-state index is 11.4. The van der Waals surface area contributed by atoms with E-state index in [0.717, 1.165) is 25.7 Å². The quantitative estimate of drug-likeness (QED) is 0.653. The number of hydroxylamine groups is 1. The Bertz CT molecular complexity index is 555. The molecule has 1 amide bonds. The lowest BCUT2D eigenvalue weighted by atomic mass is 9.83. The van der Waals surface area contributed by atoms with Gasteiger partial charge in [-0.05, 0) is 37.8 Å². The highest BCUT2D eigenvalue weighted by molar-refractivity contribution is 5.84. The lowest BCUT2D eigenvalue weighted by Crippen LogP contribution is -2.29. The molecule has 2 rings (SSSR count). The van der Waals surface area contributed by atoms with Crippen LogP contribution in [0, 0.1) is 10.1 Å². The molecular weight excluding hydrogens is 288 g/mol. The lowest BCUT2D eigenvalue weighted by Gasteiger charge is -2.23. The number of nitrogens with zero attached hydrogens (tertiary/aromatic N) is 2. The fourth-order valence-corrected chi connectivity index (χ4v) is 2.94. The summed E-state index contributed by atoms with van der Waals surface area (Å²) in [5.41, 5.74) is 0.811. The minimum atomic E-state index is -1.30. The van der Waals surface area contributed by atoms with E-state index >= 15 is 0 Å². The molecule has 0 bridgehead atoms. The second-order valence-corrected chi connectivity index (χ2v) is 5.33. The molecule has 7 nitrogen and oxygen atoms in total. The zero-order chi connectivity index (χ0) is 16.1. The average molecular weight is 308 g/mol. The predicted molar refractivity (Wildman–Crippen MR) is 81.1 cm³/mol. The van der Waals surface area contributed by atoms with Crippen LogP contribution in [0.4, 0.5) is 16.2 Å². The van der Waals surface area contributed by atoms with Gasteiger partial charge in [0.15, 0.2) is 0 Å². The van der Waals surface area contributed by atoms with Crippen LogP contribution in [0.3, 0.4) is 0 Å². The third-order valence-corrected chi connectivity index (χ3v) is 3.92. The normalized spacial score (nSPS) is 15.5. The van der Waals surface area contributed by atoms with Crippen LogP contribution in [0.5, 0.6) is 0 Å². The van der Waals surface area contributed by atoms with Crippen LogP contribution in [0.1, 0.15) is 50.5 Å². The average Bonchev–Trinajstić information content (AvgIpc) is 2.52. The summed E-state index contributed by atoms with van der Waals surface area (Å²) in [6.45, 7) is 1.81. The molecule has 0 aliphatic heterocycles. The predicted octanol–water partition coefficient (Wildman–Crippen LogP) is 4.08. The molecule has 0 atom stereocenters. The fraction of sp³-hybridized carbons (Fsp3) is 0.533. The van der Waals surface area contributed by atoms with Crippen molar-refractivity contribution < 1.29 is 19.7 Å². The molecule has 7 heteroatoms. The molecule has 0 saturated heterocycles. The minimum Gasteiger partial charge on any atom is -0.463 e. The molecule has 1 aliphatic carbocycles. The van der Waals surface area contributed by atoms with Crippen molar-refractivity contribution in [3.05, 3.63) is 33.9 Å². The highest BCUT2D eigenvalue weighted by atomic mass is 16.7. The van der Waals surface area contributed by atoms with E-state index in [1.807, 2.05) is 0 Å². The van der Waals surface area contributed by atoms with Gasteiger partial charge in [-0.25, -0.2) is 4.79 Å². The Morgan fingerprint density at radius 2 is 2.09 bits per heavy atom. The summed E-state index contributed by atoms with van der Waals surface area (Å²) in [7, 11) is 0. The number of nitro groups is 1. The summed E-state index contributed by atoms with van der Waals surface area (Å²) in [5.74, 6) is 0.175. The number of amides is 1. The first kappa shape index (κ1) is 16.2. The van der Waals surface area contributed by atoms with Crippen molar-refractivity contribution in [2.24, 2.45) is 0 Å². The number of anilines is 1. The molecule has 0 spiro atoms. The van der Waals surface area contributed by atoms with Gasteiger partial charge in [0, 0.05) is 11.6 Å². The monoisotopic (exact) mass is 308 g/mol. The molecule has 1 aromatic rings. The second kappa shape index (κ2) is 7.22. The van der Waals surface area contributed by atoms with Gasteiger partial charge in [0.05, 0.1) is 17.2 Å². The van der Waals surface area contributed by atoms with Crippen LogP contribution >= 0.6 is 0 Å². The first-order chi connectivity index (χ1) is 10.5. The summed E-state index contributed by atoms with van der Waals surface area (Å²) in [5, 5.41) is 21.2. The highest BCUT2D eigenvalue weighted by Crippen LogP contribution is 2.38. The summed E-state index contributed by atoms with van der Waals surface area (Å²) in [6.07, 6.45) is 3.89. The Morgan fingerprint density at radius 3 is 2.64 bits per heavy atom. The summed E-state index contributed by atoms with van der Waals surface area (Å²) in [6, 6.07) is 4.52. The molecule has 0 heterocycles. The fourth-order valence-electron chi connectivity index (χ4n) is 2.94. The van der Waals surface area contributed by atoms with E-state index in [1.54, 1.807) is 19.1 Å². The smallest absolute Gasteiger partial charge is 0.436 e. The summed E-state index contributed by atoms with van der Waals surface area (Å²) < 4.78 is 0. The first-order valence-corrected chi connectivity index (χ1v) is 7.49. The van der Waals surface area contributed by atoms with Crippen molar-refractivity contribution in [3.63, 3.8) is 0 Å². The number of benzene rings is 1. The molecular formula is C15H20N2O5. The van der Waals surface area contributed by atoms with Crippen LogP contribution in [-0.4, -0.2) is 22.7 Å². The van der Waals surface area contributed by atoms with E-state index in [1.165, 1.54) is 12.5 Å². The van der Waals surface area contributed by atoms with E-state index in [-0.39, 0.29) is 23.9 Å². The van der Waals surface area contributed by atoms with Gasteiger partial charge < -0.3 is 5.11 Å². The highest BCUT2D eigenvalue weighted by Gasteiger charge is 2.26. The topological polar surface area (TPSA) is 92.9 Å². The van der Waals surface area contributed by atoms with Crippen LogP contribution in [0.15, 0.2) is 18.2 Å². The van der Waals surface area contributed by atoms with E-state index in [0.29, 0.717) is 10.6 Å². The maximum Gasteiger partial charge on any atom is 0.436 e. The van der Waals surface area contributed by atoms with E-state index in [9.17, 15) is 14.9 Å². The van der Waals surface area contributed by atoms with Gasteiger partial charge in [-0.15, -0.1) is 0 Å². The van der Waals surface area contributed by atoms with Gasteiger partial charge >= 0.3 is 6.09 Å². The SMILES string of the molecule is CCON(C(=O)O)c1ccc(C2CCCCC2)c([N+](=O)[O-])c1. The van der Waals surface area contributed by atoms with Crippen molar-refractivity contribution in [2.45, 2.75) is 44.9 Å². The lowest BCUT2D eigenvalue weighted by molar-refractivity contribution is -0.385. The zero-order valence-corrected chi connectivity index (χ0v) is 12.5. The summed E-state index contributed by atoms with van der Waals surface area (Å²) >= 11 is 0. The number of hydrogen-bond acceptors (Lipinski definition) is 4. The molecule has 22 heavy (non-hydrogen) atoms. The molecule has 1 fully saturated rings. The van der Waals surface area contributed by atoms with Gasteiger partial charge in [0.25, 0.3) is 5.69 Å². The van der Waals surface area contributed by atoms with Crippen LogP contribution in [0.25, 0.3) is 0 Å². The Morgan fingerprint density at radius 1 is 1.41 bits per heavy atom. The van der Waals surface area contributed by atoms with Gasteiger partial charge in [-0.1, -0.05) is 19.3 Å². The molecule has 0 unspecified atom stereocenters. The Kier molecular flexibility index (Phi) is 5.32. The van der Waals surface area contributed by atoms with E-state index in [4.69, 9.17) is 9.94 Å². The Labute approximate surface area is 128 Å². The number of nitro benzene ring substituents is 1. The number of rotatable bonds is 5. The molecule has 1 N–H and O–H groups in total. The zero-order valence-electron chi connectivity index (χ0n) is 12.5. The molecule has 0 aromatic heterocycles. The van der Waals surface area contributed by atoms with E-state index < -0.39 is 11.0 Å². The number of carbonyl (C=O) groups is 1. The third-order valence-electron chi connectivity index (χ3n) is 3.92.